The second-order valence-corrected chi connectivity index (χ2v) is 8.94. The minimum atomic E-state index is -0.479. The summed E-state index contributed by atoms with van der Waals surface area (Å²) in [7, 11) is 0.0229. The van der Waals surface area contributed by atoms with E-state index in [1.54, 1.807) is 0 Å². The summed E-state index contributed by atoms with van der Waals surface area (Å²) in [5.74, 6) is 0.100. The number of rotatable bonds is 12. The maximum atomic E-state index is 12.6. The zero-order valence-corrected chi connectivity index (χ0v) is 19.9. The number of amides is 2. The number of carbonyl (C=O) groups excluding carboxylic acids is 3. The molecule has 174 valence electrons. The van der Waals surface area contributed by atoms with Gasteiger partial charge in [-0.05, 0) is 48.6 Å². The molecule has 0 N–H and O–H groups in total. The molecule has 1 aromatic carbocycles. The molecule has 1 aliphatic rings. The van der Waals surface area contributed by atoms with Gasteiger partial charge in [0.2, 0.25) is 11.8 Å². The molecule has 1 saturated heterocycles. The van der Waals surface area contributed by atoms with Crippen LogP contribution >= 0.6 is 11.8 Å². The first-order valence-electron chi connectivity index (χ1n) is 11.3. The van der Waals surface area contributed by atoms with Crippen molar-refractivity contribution < 1.29 is 23.9 Å². The maximum Gasteiger partial charge on any atom is 0.288 e. The van der Waals surface area contributed by atoms with E-state index in [4.69, 9.17) is 9.47 Å². The molecule has 2 amide bonds. The molecule has 1 fully saturated rings. The SMILES string of the molecule is CCCOC(=O)BCN1C(=O)SC(Cc2ccc(OCCc3ccc(CC)cn3)cc2)C1=O. The van der Waals surface area contributed by atoms with Crippen molar-refractivity contribution in [2.24, 2.45) is 0 Å². The number of aromatic nitrogens is 1. The Morgan fingerprint density at radius 2 is 1.85 bits per heavy atom. The predicted octanol–water partition coefficient (Wildman–Crippen LogP) is 3.81. The Labute approximate surface area is 199 Å². The van der Waals surface area contributed by atoms with Crippen LogP contribution in [-0.4, -0.2) is 59.1 Å². The second kappa shape index (κ2) is 12.4. The maximum absolute atomic E-state index is 12.6. The predicted molar refractivity (Wildman–Crippen MR) is 130 cm³/mol. The van der Waals surface area contributed by atoms with Crippen LogP contribution in [0.15, 0.2) is 42.6 Å². The number of imide groups is 1. The van der Waals surface area contributed by atoms with Gasteiger partial charge >= 0.3 is 0 Å². The Morgan fingerprint density at radius 3 is 2.52 bits per heavy atom. The van der Waals surface area contributed by atoms with Gasteiger partial charge in [-0.15, -0.1) is 0 Å². The Balaban J connectivity index is 1.44. The van der Waals surface area contributed by atoms with E-state index in [9.17, 15) is 14.4 Å². The molecule has 0 aliphatic carbocycles. The van der Waals surface area contributed by atoms with Crippen LogP contribution in [0.3, 0.4) is 0 Å². The highest BCUT2D eigenvalue weighted by Crippen LogP contribution is 2.29. The van der Waals surface area contributed by atoms with Gasteiger partial charge in [-0.25, -0.2) is 0 Å². The van der Waals surface area contributed by atoms with Crippen LogP contribution in [0.25, 0.3) is 0 Å². The number of hydrogen-bond acceptors (Lipinski definition) is 7. The lowest BCUT2D eigenvalue weighted by Gasteiger charge is -2.13. The molecule has 9 heteroatoms. The van der Waals surface area contributed by atoms with Crippen LogP contribution in [0.4, 0.5) is 9.59 Å². The van der Waals surface area contributed by atoms with E-state index in [-0.39, 0.29) is 24.9 Å². The van der Waals surface area contributed by atoms with E-state index in [0.717, 1.165) is 52.9 Å². The Morgan fingerprint density at radius 1 is 1.09 bits per heavy atom. The Kier molecular flexibility index (Phi) is 9.36. The molecule has 3 rings (SSSR count). The van der Waals surface area contributed by atoms with Gasteiger partial charge in [0.1, 0.15) is 5.75 Å². The number of aryl methyl sites for hydroxylation is 1. The summed E-state index contributed by atoms with van der Waals surface area (Å²) >= 11 is 1.01. The fraction of sp³-hybridized carbons (Fsp3) is 0.417. The molecule has 0 saturated carbocycles. The average molecular weight is 468 g/mol. The van der Waals surface area contributed by atoms with E-state index >= 15 is 0 Å². The fourth-order valence-electron chi connectivity index (χ4n) is 3.34. The average Bonchev–Trinajstić information content (AvgIpc) is 3.09. The molecule has 0 bridgehead atoms. The molecule has 1 aliphatic heterocycles. The lowest BCUT2D eigenvalue weighted by Crippen LogP contribution is -2.37. The summed E-state index contributed by atoms with van der Waals surface area (Å²) in [6.07, 6.45) is 4.84. The molecule has 0 spiro atoms. The number of ether oxygens (including phenoxy) is 2. The Hall–Kier alpha value is -2.81. The van der Waals surface area contributed by atoms with Crippen molar-refractivity contribution in [2.75, 3.05) is 19.7 Å². The van der Waals surface area contributed by atoms with Gasteiger partial charge in [-0.1, -0.05) is 43.8 Å². The van der Waals surface area contributed by atoms with Crippen LogP contribution in [0, 0.1) is 0 Å². The number of benzene rings is 1. The highest BCUT2D eigenvalue weighted by atomic mass is 32.2. The number of thioether (sulfide) groups is 1. The fourth-order valence-corrected chi connectivity index (χ4v) is 4.40. The molecular formula is C24H29BN2O5S. The molecule has 1 atom stereocenters. The largest absolute Gasteiger partial charge is 0.493 e. The first-order valence-corrected chi connectivity index (χ1v) is 12.2. The minimum Gasteiger partial charge on any atom is -0.493 e. The van der Waals surface area contributed by atoms with Gasteiger partial charge in [0, 0.05) is 24.8 Å². The number of pyridine rings is 1. The van der Waals surface area contributed by atoms with Crippen LogP contribution in [0.1, 0.15) is 37.1 Å². The molecule has 2 aromatic rings. The van der Waals surface area contributed by atoms with Gasteiger partial charge in [0.15, 0.2) is 0 Å². The summed E-state index contributed by atoms with van der Waals surface area (Å²) in [6, 6.07) is 11.7. The highest BCUT2D eigenvalue weighted by Gasteiger charge is 2.39. The normalized spacial score (nSPS) is 15.6. The van der Waals surface area contributed by atoms with Gasteiger partial charge in [-0.3, -0.25) is 24.3 Å². The van der Waals surface area contributed by atoms with E-state index in [0.29, 0.717) is 19.6 Å². The minimum absolute atomic E-state index is 0.0229. The molecule has 1 unspecified atom stereocenters. The topological polar surface area (TPSA) is 85.8 Å². The highest BCUT2D eigenvalue weighted by molar-refractivity contribution is 8.15. The third-order valence-electron chi connectivity index (χ3n) is 5.28. The van der Waals surface area contributed by atoms with Gasteiger partial charge in [0.25, 0.3) is 12.5 Å². The summed E-state index contributed by atoms with van der Waals surface area (Å²) < 4.78 is 10.8. The molecule has 7 nitrogen and oxygen atoms in total. The van der Waals surface area contributed by atoms with E-state index in [1.165, 1.54) is 5.56 Å². The van der Waals surface area contributed by atoms with Crippen molar-refractivity contribution >= 4 is 36.1 Å². The first kappa shape index (κ1) is 24.8. The molecule has 1 aromatic heterocycles. The van der Waals surface area contributed by atoms with E-state index in [2.05, 4.69) is 18.0 Å². The van der Waals surface area contributed by atoms with Crippen LogP contribution in [0.5, 0.6) is 5.75 Å². The third-order valence-corrected chi connectivity index (χ3v) is 6.35. The summed E-state index contributed by atoms with van der Waals surface area (Å²) in [5, 5.41) is -0.790. The van der Waals surface area contributed by atoms with Crippen LogP contribution < -0.4 is 4.74 Å². The van der Waals surface area contributed by atoms with Crippen molar-refractivity contribution in [3.05, 3.63) is 59.4 Å². The van der Waals surface area contributed by atoms with Crippen molar-refractivity contribution in [3.63, 3.8) is 0 Å². The van der Waals surface area contributed by atoms with Crippen molar-refractivity contribution in [3.8, 4) is 5.75 Å². The molecule has 2 heterocycles. The standard InChI is InChI=1S/C24H29BN2O5S/c1-3-12-32-23(29)25-16-27-22(28)21(33-24(27)30)14-18-6-9-20(10-7-18)31-13-11-19-8-5-17(4-2)15-26-19/h5-10,15,21,25H,3-4,11-14,16H2,1-2H3. The van der Waals surface area contributed by atoms with Crippen molar-refractivity contribution in [1.29, 1.82) is 0 Å². The summed E-state index contributed by atoms with van der Waals surface area (Å²) in [4.78, 5) is 42.1. The van der Waals surface area contributed by atoms with Crippen molar-refractivity contribution in [1.82, 2.24) is 9.88 Å². The number of carbonyl (C=O) groups is 3. The molecule has 33 heavy (non-hydrogen) atoms. The molecular weight excluding hydrogens is 439 g/mol. The Bertz CT molecular complexity index is 952. The van der Waals surface area contributed by atoms with Gasteiger partial charge in [-0.2, -0.15) is 0 Å². The monoisotopic (exact) mass is 468 g/mol. The third kappa shape index (κ3) is 7.35. The summed E-state index contributed by atoms with van der Waals surface area (Å²) in [6.45, 7) is 4.88. The lowest BCUT2D eigenvalue weighted by molar-refractivity contribution is -0.126. The van der Waals surface area contributed by atoms with Crippen LogP contribution in [0.2, 0.25) is 0 Å². The molecule has 0 radical (unpaired) electrons. The van der Waals surface area contributed by atoms with E-state index < -0.39 is 11.1 Å². The van der Waals surface area contributed by atoms with Gasteiger partial charge < -0.3 is 9.47 Å². The summed E-state index contributed by atoms with van der Waals surface area (Å²) in [5.41, 5.74) is 3.16. The lowest BCUT2D eigenvalue weighted by atomic mass is 9.78. The van der Waals surface area contributed by atoms with Crippen LogP contribution in [-0.2, 0) is 28.8 Å². The zero-order chi connectivity index (χ0) is 23.6. The smallest absolute Gasteiger partial charge is 0.288 e. The number of hydrogen-bond donors (Lipinski definition) is 0. The second-order valence-electron chi connectivity index (χ2n) is 7.79. The quantitative estimate of drug-likeness (QED) is 0.438. The number of nitrogens with zero attached hydrogens (tertiary/aromatic N) is 2. The van der Waals surface area contributed by atoms with Gasteiger partial charge in [0.05, 0.1) is 18.5 Å². The van der Waals surface area contributed by atoms with Crippen molar-refractivity contribution in [2.45, 2.75) is 44.8 Å². The first-order chi connectivity index (χ1) is 16.0. The van der Waals surface area contributed by atoms with E-state index in [1.807, 2.05) is 43.5 Å². The zero-order valence-electron chi connectivity index (χ0n) is 19.1.